The molecule has 192 valence electrons. The molecule has 0 saturated carbocycles. The molecule has 3 N–H and O–H groups in total. The lowest BCUT2D eigenvalue weighted by Gasteiger charge is -2.47. The number of benzene rings is 2. The molecule has 2 heterocycles. The van der Waals surface area contributed by atoms with Gasteiger partial charge in [-0.25, -0.2) is 4.79 Å². The standard InChI is InChI=1S/C27H24BrCl2N3O4/c1-4-37-24(35)22-23(31)33(18-8-5-13(28)9-16(18)30)19-11-26(2,3)12-20(34)21(19)27(22)15-10-14(29)6-7-17(15)32-25(27)36/h5-10H,4,11-12,31H2,1-3H3,(H,32,36). The van der Waals surface area contributed by atoms with Gasteiger partial charge in [-0.1, -0.05) is 53.0 Å². The van der Waals surface area contributed by atoms with Gasteiger partial charge in [-0.3, -0.25) is 14.5 Å². The number of halogens is 3. The van der Waals surface area contributed by atoms with Crippen LogP contribution in [0.2, 0.25) is 10.0 Å². The van der Waals surface area contributed by atoms with Gasteiger partial charge in [-0.15, -0.1) is 0 Å². The van der Waals surface area contributed by atoms with Crippen molar-refractivity contribution in [3.8, 4) is 0 Å². The molecular weight excluding hydrogens is 581 g/mol. The molecule has 0 aromatic heterocycles. The Labute approximate surface area is 232 Å². The van der Waals surface area contributed by atoms with E-state index in [1.165, 1.54) is 0 Å². The van der Waals surface area contributed by atoms with Gasteiger partial charge in [0.25, 0.3) is 0 Å². The minimum atomic E-state index is -1.82. The highest BCUT2D eigenvalue weighted by molar-refractivity contribution is 9.10. The Morgan fingerprint density at radius 2 is 1.89 bits per heavy atom. The lowest BCUT2D eigenvalue weighted by Crippen LogP contribution is -2.54. The summed E-state index contributed by atoms with van der Waals surface area (Å²) >= 11 is 16.5. The number of hydrogen-bond acceptors (Lipinski definition) is 6. The first-order valence-corrected chi connectivity index (χ1v) is 13.3. The summed E-state index contributed by atoms with van der Waals surface area (Å²) in [5, 5.41) is 3.54. The summed E-state index contributed by atoms with van der Waals surface area (Å²) in [4.78, 5) is 43.3. The highest BCUT2D eigenvalue weighted by atomic mass is 79.9. The minimum absolute atomic E-state index is 0.0325. The molecule has 0 saturated heterocycles. The third-order valence-corrected chi connectivity index (χ3v) is 8.01. The lowest BCUT2D eigenvalue weighted by molar-refractivity contribution is -0.140. The first kappa shape index (κ1) is 25.8. The molecular formula is C27H24BrCl2N3O4. The predicted molar refractivity (Wildman–Crippen MR) is 146 cm³/mol. The van der Waals surface area contributed by atoms with E-state index in [0.717, 1.165) is 4.47 Å². The second-order valence-electron chi connectivity index (χ2n) is 10.1. The molecule has 0 bridgehead atoms. The van der Waals surface area contributed by atoms with Gasteiger partial charge in [0.15, 0.2) is 5.78 Å². The van der Waals surface area contributed by atoms with E-state index in [0.29, 0.717) is 39.1 Å². The zero-order chi connectivity index (χ0) is 26.9. The third-order valence-electron chi connectivity index (χ3n) is 6.97. The molecule has 3 aliphatic rings. The Bertz CT molecular complexity index is 1470. The molecule has 1 unspecified atom stereocenters. The SMILES string of the molecule is CCOC(=O)C1=C(N)N(c2ccc(Br)cc2Cl)C2=C(C(=O)CC(C)(C)C2)C12C(=O)Nc1ccc(Cl)cc12. The van der Waals surface area contributed by atoms with Gasteiger partial charge in [0.1, 0.15) is 16.8 Å². The van der Waals surface area contributed by atoms with Crippen molar-refractivity contribution in [1.82, 2.24) is 0 Å². The summed E-state index contributed by atoms with van der Waals surface area (Å²) in [5.74, 6) is -1.65. The molecule has 37 heavy (non-hydrogen) atoms. The van der Waals surface area contributed by atoms with E-state index in [-0.39, 0.29) is 35.8 Å². The summed E-state index contributed by atoms with van der Waals surface area (Å²) in [7, 11) is 0. The normalized spacial score (nSPS) is 22.3. The van der Waals surface area contributed by atoms with Crippen molar-refractivity contribution in [3.05, 3.63) is 79.1 Å². The average molecular weight is 605 g/mol. The van der Waals surface area contributed by atoms with Crippen LogP contribution in [0.5, 0.6) is 0 Å². The number of ketones is 1. The van der Waals surface area contributed by atoms with Crippen LogP contribution < -0.4 is 16.0 Å². The van der Waals surface area contributed by atoms with Crippen LogP contribution >= 0.6 is 39.1 Å². The first-order valence-electron chi connectivity index (χ1n) is 11.7. The number of Topliss-reactive ketones (excluding diaryl/α,β-unsaturated/α-hetero) is 1. The molecule has 2 aromatic carbocycles. The number of esters is 1. The molecule has 10 heteroatoms. The molecule has 7 nitrogen and oxygen atoms in total. The summed E-state index contributed by atoms with van der Waals surface area (Å²) in [6, 6.07) is 10.1. The fraction of sp³-hybridized carbons (Fsp3) is 0.296. The monoisotopic (exact) mass is 603 g/mol. The highest BCUT2D eigenvalue weighted by Crippen LogP contribution is 2.58. The number of rotatable bonds is 3. The van der Waals surface area contributed by atoms with E-state index in [4.69, 9.17) is 33.7 Å². The number of carbonyl (C=O) groups is 3. The molecule has 2 aromatic rings. The number of ether oxygens (including phenoxy) is 1. The maximum Gasteiger partial charge on any atom is 0.339 e. The van der Waals surface area contributed by atoms with Gasteiger partial charge in [0.05, 0.1) is 17.3 Å². The summed E-state index contributed by atoms with van der Waals surface area (Å²) in [5.41, 5.74) is 6.42. The number of nitrogens with one attached hydrogen (secondary N) is 1. The lowest BCUT2D eigenvalue weighted by atomic mass is 9.60. The second-order valence-corrected chi connectivity index (χ2v) is 11.8. The van der Waals surface area contributed by atoms with E-state index in [1.807, 2.05) is 13.8 Å². The van der Waals surface area contributed by atoms with Crippen LogP contribution in [0, 0.1) is 5.41 Å². The fourth-order valence-corrected chi connectivity index (χ4v) is 6.58. The molecule has 1 spiro atoms. The predicted octanol–water partition coefficient (Wildman–Crippen LogP) is 5.84. The minimum Gasteiger partial charge on any atom is -0.462 e. The Morgan fingerprint density at radius 3 is 2.57 bits per heavy atom. The average Bonchev–Trinajstić information content (AvgIpc) is 3.05. The van der Waals surface area contributed by atoms with E-state index in [1.54, 1.807) is 48.2 Å². The zero-order valence-corrected chi connectivity index (χ0v) is 23.5. The van der Waals surface area contributed by atoms with Crippen molar-refractivity contribution in [1.29, 1.82) is 0 Å². The maximum absolute atomic E-state index is 14.0. The van der Waals surface area contributed by atoms with Crippen molar-refractivity contribution in [2.45, 2.75) is 39.0 Å². The van der Waals surface area contributed by atoms with Crippen LogP contribution in [-0.4, -0.2) is 24.3 Å². The molecule has 1 atom stereocenters. The molecule has 2 aliphatic heterocycles. The Morgan fingerprint density at radius 1 is 1.16 bits per heavy atom. The summed E-state index contributed by atoms with van der Waals surface area (Å²) in [6.07, 6.45) is 0.580. The van der Waals surface area contributed by atoms with Crippen LogP contribution in [0.15, 0.2) is 63.5 Å². The third kappa shape index (κ3) is 3.80. The Kier molecular flexibility index (Phi) is 6.21. The molecule has 1 amide bonds. The van der Waals surface area contributed by atoms with Gasteiger partial charge in [-0.2, -0.15) is 0 Å². The van der Waals surface area contributed by atoms with Crippen LogP contribution in [0.1, 0.15) is 39.2 Å². The molecule has 5 rings (SSSR count). The van der Waals surface area contributed by atoms with E-state index < -0.39 is 22.7 Å². The van der Waals surface area contributed by atoms with Crippen LogP contribution in [0.25, 0.3) is 0 Å². The van der Waals surface area contributed by atoms with Gasteiger partial charge < -0.3 is 15.8 Å². The maximum atomic E-state index is 14.0. The number of fused-ring (bicyclic) bond motifs is 3. The number of amides is 1. The number of anilines is 2. The summed E-state index contributed by atoms with van der Waals surface area (Å²) < 4.78 is 6.18. The molecule has 0 radical (unpaired) electrons. The Balaban J connectivity index is 1.94. The molecule has 0 fully saturated rings. The highest BCUT2D eigenvalue weighted by Gasteiger charge is 2.63. The van der Waals surface area contributed by atoms with Crippen molar-refractivity contribution in [3.63, 3.8) is 0 Å². The van der Waals surface area contributed by atoms with Gasteiger partial charge >= 0.3 is 5.97 Å². The zero-order valence-electron chi connectivity index (χ0n) is 20.4. The van der Waals surface area contributed by atoms with Crippen molar-refractivity contribution < 1.29 is 19.1 Å². The van der Waals surface area contributed by atoms with Gasteiger partial charge in [0, 0.05) is 38.4 Å². The number of nitrogens with zero attached hydrogens (tertiary/aromatic N) is 1. The smallest absolute Gasteiger partial charge is 0.339 e. The second kappa shape index (κ2) is 8.89. The van der Waals surface area contributed by atoms with Crippen LogP contribution in [-0.2, 0) is 24.5 Å². The van der Waals surface area contributed by atoms with Crippen LogP contribution in [0.3, 0.4) is 0 Å². The number of nitrogens with two attached hydrogens (primary N) is 1. The quantitative estimate of drug-likeness (QED) is 0.427. The topological polar surface area (TPSA) is 102 Å². The van der Waals surface area contributed by atoms with Crippen molar-refractivity contribution in [2.75, 3.05) is 16.8 Å². The fourth-order valence-electron chi connectivity index (χ4n) is 5.65. The van der Waals surface area contributed by atoms with Crippen molar-refractivity contribution in [2.24, 2.45) is 11.1 Å². The first-order chi connectivity index (χ1) is 17.4. The number of allylic oxidation sites excluding steroid dienone is 1. The molecule has 1 aliphatic carbocycles. The Hall–Kier alpha value is -2.81. The van der Waals surface area contributed by atoms with E-state index in [2.05, 4.69) is 21.2 Å². The number of hydrogen-bond donors (Lipinski definition) is 2. The summed E-state index contributed by atoms with van der Waals surface area (Å²) in [6.45, 7) is 5.65. The van der Waals surface area contributed by atoms with E-state index in [9.17, 15) is 14.4 Å². The number of carbonyl (C=O) groups excluding carboxylic acids is 3. The largest absolute Gasteiger partial charge is 0.462 e. The van der Waals surface area contributed by atoms with Gasteiger partial charge in [-0.05, 0) is 55.2 Å². The van der Waals surface area contributed by atoms with Crippen LogP contribution in [0.4, 0.5) is 11.4 Å². The van der Waals surface area contributed by atoms with E-state index >= 15 is 0 Å². The van der Waals surface area contributed by atoms with Crippen molar-refractivity contribution >= 4 is 68.2 Å². The van der Waals surface area contributed by atoms with Gasteiger partial charge in [0.2, 0.25) is 5.91 Å².